The number of ether oxygens (including phenoxy) is 2. The van der Waals surface area contributed by atoms with Gasteiger partial charge in [0, 0.05) is 11.6 Å². The molecule has 1 fully saturated rings. The molecule has 0 radical (unpaired) electrons. The summed E-state index contributed by atoms with van der Waals surface area (Å²) in [6, 6.07) is 3.69. The van der Waals surface area contributed by atoms with E-state index in [1.807, 2.05) is 32.9 Å². The van der Waals surface area contributed by atoms with Crippen LogP contribution in [0.1, 0.15) is 30.9 Å². The SMILES string of the molecule is Cc1cc(OCC(=O)NC(C)C2CCCO2)cc(C)c1Cl. The fourth-order valence-electron chi connectivity index (χ4n) is 2.52. The Labute approximate surface area is 130 Å². The molecule has 0 spiro atoms. The topological polar surface area (TPSA) is 47.6 Å². The van der Waals surface area contributed by atoms with Crippen LogP contribution in [0.5, 0.6) is 5.75 Å². The molecule has 4 nitrogen and oxygen atoms in total. The van der Waals surface area contributed by atoms with Gasteiger partial charge in [-0.25, -0.2) is 0 Å². The highest BCUT2D eigenvalue weighted by atomic mass is 35.5. The summed E-state index contributed by atoms with van der Waals surface area (Å²) in [6.45, 7) is 6.58. The van der Waals surface area contributed by atoms with Gasteiger partial charge in [-0.15, -0.1) is 0 Å². The average molecular weight is 312 g/mol. The Morgan fingerprint density at radius 2 is 2.14 bits per heavy atom. The maximum absolute atomic E-state index is 11.9. The second-order valence-corrected chi connectivity index (χ2v) is 5.95. The van der Waals surface area contributed by atoms with E-state index in [1.54, 1.807) is 0 Å². The molecule has 1 aromatic carbocycles. The van der Waals surface area contributed by atoms with E-state index in [0.29, 0.717) is 5.75 Å². The van der Waals surface area contributed by atoms with Crippen LogP contribution in [0.2, 0.25) is 5.02 Å². The van der Waals surface area contributed by atoms with Crippen molar-refractivity contribution in [3.05, 3.63) is 28.3 Å². The summed E-state index contributed by atoms with van der Waals surface area (Å²) in [7, 11) is 0. The molecular weight excluding hydrogens is 290 g/mol. The van der Waals surface area contributed by atoms with Crippen molar-refractivity contribution >= 4 is 17.5 Å². The number of benzene rings is 1. The van der Waals surface area contributed by atoms with E-state index in [4.69, 9.17) is 21.1 Å². The van der Waals surface area contributed by atoms with E-state index in [2.05, 4.69) is 5.32 Å². The first-order valence-electron chi connectivity index (χ1n) is 7.28. The van der Waals surface area contributed by atoms with Gasteiger partial charge in [0.1, 0.15) is 5.75 Å². The molecule has 0 aromatic heterocycles. The third kappa shape index (κ3) is 4.35. The smallest absolute Gasteiger partial charge is 0.258 e. The van der Waals surface area contributed by atoms with E-state index >= 15 is 0 Å². The summed E-state index contributed by atoms with van der Waals surface area (Å²) in [5.74, 6) is 0.526. The molecule has 116 valence electrons. The van der Waals surface area contributed by atoms with Crippen LogP contribution < -0.4 is 10.1 Å². The summed E-state index contributed by atoms with van der Waals surface area (Å²) in [6.07, 6.45) is 2.18. The molecular formula is C16H22ClNO3. The van der Waals surface area contributed by atoms with Gasteiger partial charge in [-0.05, 0) is 56.9 Å². The van der Waals surface area contributed by atoms with Crippen LogP contribution in [-0.4, -0.2) is 31.3 Å². The van der Waals surface area contributed by atoms with Crippen LogP contribution in [0, 0.1) is 13.8 Å². The average Bonchev–Trinajstić information content (AvgIpc) is 2.96. The number of hydrogen-bond acceptors (Lipinski definition) is 3. The van der Waals surface area contributed by atoms with Crippen LogP contribution >= 0.6 is 11.6 Å². The molecule has 21 heavy (non-hydrogen) atoms. The van der Waals surface area contributed by atoms with Crippen LogP contribution in [0.15, 0.2) is 12.1 Å². The maximum Gasteiger partial charge on any atom is 0.258 e. The number of amides is 1. The highest BCUT2D eigenvalue weighted by molar-refractivity contribution is 6.32. The summed E-state index contributed by atoms with van der Waals surface area (Å²) < 4.78 is 11.1. The number of carbonyl (C=O) groups is 1. The lowest BCUT2D eigenvalue weighted by Gasteiger charge is -2.20. The quantitative estimate of drug-likeness (QED) is 0.909. The van der Waals surface area contributed by atoms with Crippen molar-refractivity contribution < 1.29 is 14.3 Å². The van der Waals surface area contributed by atoms with E-state index in [9.17, 15) is 4.79 Å². The van der Waals surface area contributed by atoms with Gasteiger partial charge in [-0.3, -0.25) is 4.79 Å². The lowest BCUT2D eigenvalue weighted by Crippen LogP contribution is -2.42. The van der Waals surface area contributed by atoms with Gasteiger partial charge in [0.05, 0.1) is 12.1 Å². The fourth-order valence-corrected chi connectivity index (χ4v) is 2.63. The zero-order valence-electron chi connectivity index (χ0n) is 12.7. The van der Waals surface area contributed by atoms with E-state index in [0.717, 1.165) is 35.6 Å². The van der Waals surface area contributed by atoms with Crippen molar-refractivity contribution in [1.82, 2.24) is 5.32 Å². The van der Waals surface area contributed by atoms with E-state index in [1.165, 1.54) is 0 Å². The number of rotatable bonds is 5. The molecule has 2 unspecified atom stereocenters. The summed E-state index contributed by atoms with van der Waals surface area (Å²) >= 11 is 6.11. The van der Waals surface area contributed by atoms with E-state index < -0.39 is 0 Å². The first-order valence-corrected chi connectivity index (χ1v) is 7.65. The highest BCUT2D eigenvalue weighted by Gasteiger charge is 2.23. The largest absolute Gasteiger partial charge is 0.484 e. The molecule has 0 saturated carbocycles. The molecule has 1 aliphatic rings. The monoisotopic (exact) mass is 311 g/mol. The number of halogens is 1. The normalized spacial score (nSPS) is 19.3. The van der Waals surface area contributed by atoms with Gasteiger partial charge in [0.25, 0.3) is 5.91 Å². The summed E-state index contributed by atoms with van der Waals surface area (Å²) in [5, 5.41) is 3.65. The Kier molecular flexibility index (Phi) is 5.48. The second-order valence-electron chi connectivity index (χ2n) is 5.57. The lowest BCUT2D eigenvalue weighted by atomic mass is 10.1. The van der Waals surface area contributed by atoms with Gasteiger partial charge in [0.15, 0.2) is 6.61 Å². The predicted octanol–water partition coefficient (Wildman–Crippen LogP) is 3.02. The summed E-state index contributed by atoms with van der Waals surface area (Å²) in [5.41, 5.74) is 1.89. The standard InChI is InChI=1S/C16H22ClNO3/c1-10-7-13(8-11(2)16(10)17)21-9-15(19)18-12(3)14-5-4-6-20-14/h7-8,12,14H,4-6,9H2,1-3H3,(H,18,19). The molecule has 1 saturated heterocycles. The van der Waals surface area contributed by atoms with Crippen molar-refractivity contribution in [1.29, 1.82) is 0 Å². The zero-order valence-corrected chi connectivity index (χ0v) is 13.5. The zero-order chi connectivity index (χ0) is 15.4. The minimum Gasteiger partial charge on any atom is -0.484 e. The maximum atomic E-state index is 11.9. The molecule has 0 bridgehead atoms. The van der Waals surface area contributed by atoms with Crippen LogP contribution in [-0.2, 0) is 9.53 Å². The van der Waals surface area contributed by atoms with Crippen LogP contribution in [0.25, 0.3) is 0 Å². The molecule has 0 aliphatic carbocycles. The highest BCUT2D eigenvalue weighted by Crippen LogP contribution is 2.25. The van der Waals surface area contributed by atoms with Crippen LogP contribution in [0.3, 0.4) is 0 Å². The van der Waals surface area contributed by atoms with E-state index in [-0.39, 0.29) is 24.7 Å². The summed E-state index contributed by atoms with van der Waals surface area (Å²) in [4.78, 5) is 11.9. The number of aryl methyl sites for hydroxylation is 2. The van der Waals surface area contributed by atoms with Crippen molar-refractivity contribution in [3.8, 4) is 5.75 Å². The molecule has 2 rings (SSSR count). The molecule has 5 heteroatoms. The molecule has 1 N–H and O–H groups in total. The first-order chi connectivity index (χ1) is 9.97. The Bertz CT molecular complexity index is 489. The minimum atomic E-state index is -0.136. The Morgan fingerprint density at radius 1 is 1.48 bits per heavy atom. The molecule has 1 amide bonds. The van der Waals surface area contributed by atoms with Gasteiger partial charge in [-0.2, -0.15) is 0 Å². The van der Waals surface area contributed by atoms with Crippen molar-refractivity contribution in [2.24, 2.45) is 0 Å². The molecule has 1 aromatic rings. The number of hydrogen-bond donors (Lipinski definition) is 1. The predicted molar refractivity (Wildman–Crippen MR) is 83.0 cm³/mol. The number of nitrogens with one attached hydrogen (secondary N) is 1. The first kappa shape index (κ1) is 16.1. The van der Waals surface area contributed by atoms with Crippen molar-refractivity contribution in [2.45, 2.75) is 45.8 Å². The fraction of sp³-hybridized carbons (Fsp3) is 0.562. The second kappa shape index (κ2) is 7.14. The van der Waals surface area contributed by atoms with Crippen molar-refractivity contribution in [3.63, 3.8) is 0 Å². The minimum absolute atomic E-state index is 0.00241. The van der Waals surface area contributed by atoms with Gasteiger partial charge in [0.2, 0.25) is 0 Å². The Balaban J connectivity index is 1.83. The third-order valence-electron chi connectivity index (χ3n) is 3.69. The van der Waals surface area contributed by atoms with Gasteiger partial charge < -0.3 is 14.8 Å². The third-order valence-corrected chi connectivity index (χ3v) is 4.29. The lowest BCUT2D eigenvalue weighted by molar-refractivity contribution is -0.124. The Morgan fingerprint density at radius 3 is 2.71 bits per heavy atom. The molecule has 1 heterocycles. The Hall–Kier alpha value is -1.26. The van der Waals surface area contributed by atoms with Gasteiger partial charge in [-0.1, -0.05) is 11.6 Å². The van der Waals surface area contributed by atoms with Gasteiger partial charge >= 0.3 is 0 Å². The van der Waals surface area contributed by atoms with Crippen molar-refractivity contribution in [2.75, 3.05) is 13.2 Å². The molecule has 2 atom stereocenters. The van der Waals surface area contributed by atoms with Crippen LogP contribution in [0.4, 0.5) is 0 Å². The molecule has 1 aliphatic heterocycles. The number of carbonyl (C=O) groups excluding carboxylic acids is 1.